The molecule has 4 rings (SSSR count). The van der Waals surface area contributed by atoms with Gasteiger partial charge in [0.15, 0.2) is 6.61 Å². The van der Waals surface area contributed by atoms with Crippen molar-refractivity contribution in [3.05, 3.63) is 82.0 Å². The average molecular weight is 373 g/mol. The maximum atomic E-state index is 12.7. The van der Waals surface area contributed by atoms with Gasteiger partial charge in [0.2, 0.25) is 5.43 Å². The Morgan fingerprint density at radius 1 is 1.00 bits per heavy atom. The molecule has 5 nitrogen and oxygen atoms in total. The second-order valence-electron chi connectivity index (χ2n) is 6.75. The number of rotatable bonds is 4. The summed E-state index contributed by atoms with van der Waals surface area (Å²) in [5.74, 6) is 0.349. The molecular weight excluding hydrogens is 354 g/mol. The van der Waals surface area contributed by atoms with Crippen LogP contribution in [-0.2, 0) is 4.79 Å². The summed E-state index contributed by atoms with van der Waals surface area (Å²) in [6, 6.07) is 18.0. The van der Waals surface area contributed by atoms with Gasteiger partial charge in [-0.1, -0.05) is 24.3 Å². The molecule has 0 unspecified atom stereocenters. The van der Waals surface area contributed by atoms with Crippen LogP contribution in [0.4, 0.5) is 5.69 Å². The van der Waals surface area contributed by atoms with Crippen LogP contribution in [0.5, 0.6) is 5.75 Å². The van der Waals surface area contributed by atoms with Gasteiger partial charge in [-0.05, 0) is 55.3 Å². The van der Waals surface area contributed by atoms with E-state index in [1.807, 2.05) is 44.2 Å². The lowest BCUT2D eigenvalue weighted by molar-refractivity contribution is -0.118. The second kappa shape index (κ2) is 7.19. The number of aryl methyl sites for hydroxylation is 2. The molecule has 0 spiro atoms. The fourth-order valence-corrected chi connectivity index (χ4v) is 3.14. The van der Waals surface area contributed by atoms with Crippen LogP contribution in [0.3, 0.4) is 0 Å². The van der Waals surface area contributed by atoms with Crippen LogP contribution in [0.25, 0.3) is 21.9 Å². The molecule has 140 valence electrons. The van der Waals surface area contributed by atoms with E-state index in [2.05, 4.69) is 5.32 Å². The highest BCUT2D eigenvalue weighted by atomic mass is 16.5. The quantitative estimate of drug-likeness (QED) is 0.532. The van der Waals surface area contributed by atoms with Crippen LogP contribution in [0.2, 0.25) is 0 Å². The molecule has 1 N–H and O–H groups in total. The van der Waals surface area contributed by atoms with Gasteiger partial charge in [0.25, 0.3) is 5.91 Å². The van der Waals surface area contributed by atoms with Crippen molar-refractivity contribution in [1.29, 1.82) is 0 Å². The fraction of sp³-hybridized carbons (Fsp3) is 0.130. The van der Waals surface area contributed by atoms with Gasteiger partial charge in [-0.2, -0.15) is 0 Å². The molecule has 0 atom stereocenters. The molecule has 0 aliphatic carbocycles. The highest BCUT2D eigenvalue weighted by Gasteiger charge is 2.11. The predicted molar refractivity (Wildman–Crippen MR) is 110 cm³/mol. The summed E-state index contributed by atoms with van der Waals surface area (Å²) in [5.41, 5.74) is 3.40. The van der Waals surface area contributed by atoms with Gasteiger partial charge in [-0.15, -0.1) is 0 Å². The number of ether oxygens (including phenoxy) is 1. The number of hydrogen-bond acceptors (Lipinski definition) is 4. The number of amides is 1. The molecule has 0 fully saturated rings. The minimum absolute atomic E-state index is 0.0828. The summed E-state index contributed by atoms with van der Waals surface area (Å²) >= 11 is 0. The Balaban J connectivity index is 1.57. The van der Waals surface area contributed by atoms with E-state index in [0.717, 1.165) is 11.1 Å². The lowest BCUT2D eigenvalue weighted by Gasteiger charge is -2.09. The van der Waals surface area contributed by atoms with Crippen molar-refractivity contribution in [1.82, 2.24) is 0 Å². The molecular formula is C23H19NO4. The molecule has 1 amide bonds. The topological polar surface area (TPSA) is 68.5 Å². The molecule has 0 saturated carbocycles. The first-order valence-electron chi connectivity index (χ1n) is 8.97. The number of hydrogen-bond donors (Lipinski definition) is 1. The molecule has 28 heavy (non-hydrogen) atoms. The lowest BCUT2D eigenvalue weighted by atomic mass is 10.1. The van der Waals surface area contributed by atoms with Gasteiger partial charge >= 0.3 is 0 Å². The van der Waals surface area contributed by atoms with Crippen molar-refractivity contribution in [2.45, 2.75) is 13.8 Å². The number of fused-ring (bicyclic) bond motifs is 2. The van der Waals surface area contributed by atoms with Gasteiger partial charge in [0.1, 0.15) is 16.9 Å². The van der Waals surface area contributed by atoms with Crippen molar-refractivity contribution >= 4 is 33.5 Å². The van der Waals surface area contributed by atoms with E-state index in [1.165, 1.54) is 0 Å². The maximum absolute atomic E-state index is 12.7. The van der Waals surface area contributed by atoms with Crippen LogP contribution in [0.1, 0.15) is 11.1 Å². The monoisotopic (exact) mass is 373 g/mol. The van der Waals surface area contributed by atoms with Gasteiger partial charge < -0.3 is 14.5 Å². The molecule has 1 aromatic heterocycles. The van der Waals surface area contributed by atoms with Crippen molar-refractivity contribution in [3.63, 3.8) is 0 Å². The number of anilines is 1. The van der Waals surface area contributed by atoms with Crippen LogP contribution in [0, 0.1) is 13.8 Å². The molecule has 3 aromatic carbocycles. The summed E-state index contributed by atoms with van der Waals surface area (Å²) in [5, 5.41) is 3.81. The third-order valence-electron chi connectivity index (χ3n) is 4.54. The van der Waals surface area contributed by atoms with Crippen molar-refractivity contribution in [3.8, 4) is 5.75 Å². The third kappa shape index (κ3) is 3.47. The molecule has 0 saturated heterocycles. The summed E-state index contributed by atoms with van der Waals surface area (Å²) < 4.78 is 11.5. The molecule has 4 aromatic rings. The van der Waals surface area contributed by atoms with Crippen LogP contribution < -0.4 is 15.5 Å². The van der Waals surface area contributed by atoms with E-state index in [4.69, 9.17) is 9.15 Å². The zero-order chi connectivity index (χ0) is 19.7. The second-order valence-corrected chi connectivity index (χ2v) is 6.75. The minimum atomic E-state index is -0.292. The van der Waals surface area contributed by atoms with Crippen LogP contribution in [0.15, 0.2) is 69.9 Å². The fourth-order valence-electron chi connectivity index (χ4n) is 3.14. The number of carbonyl (C=O) groups excluding carboxylic acids is 1. The van der Waals surface area contributed by atoms with Crippen molar-refractivity contribution < 1.29 is 13.9 Å². The standard InChI is InChI=1S/C23H19NO4/c1-14-5-3-7-17(11-14)27-13-21(25)24-16-9-10-18-20(12-16)28-23-15(2)6-4-8-19(23)22(18)26/h3-12H,13H2,1-2H3,(H,24,25). The van der Waals surface area contributed by atoms with Crippen LogP contribution in [-0.4, -0.2) is 12.5 Å². The number of benzene rings is 3. The molecule has 0 aliphatic rings. The van der Waals surface area contributed by atoms with Gasteiger partial charge in [-0.25, -0.2) is 0 Å². The van der Waals surface area contributed by atoms with Gasteiger partial charge in [0.05, 0.1) is 10.8 Å². The maximum Gasteiger partial charge on any atom is 0.262 e. The van der Waals surface area contributed by atoms with Crippen molar-refractivity contribution in [2.75, 3.05) is 11.9 Å². The van der Waals surface area contributed by atoms with E-state index in [-0.39, 0.29) is 17.9 Å². The van der Waals surface area contributed by atoms with E-state index in [0.29, 0.717) is 33.4 Å². The Morgan fingerprint density at radius 3 is 2.64 bits per heavy atom. The smallest absolute Gasteiger partial charge is 0.262 e. The number of nitrogens with one attached hydrogen (secondary N) is 1. The first kappa shape index (κ1) is 17.8. The number of para-hydroxylation sites is 1. The molecule has 1 heterocycles. The third-order valence-corrected chi connectivity index (χ3v) is 4.54. The first-order valence-corrected chi connectivity index (χ1v) is 8.97. The molecule has 5 heteroatoms. The molecule has 0 aliphatic heterocycles. The van der Waals surface area contributed by atoms with Gasteiger partial charge in [-0.3, -0.25) is 9.59 Å². The highest BCUT2D eigenvalue weighted by Crippen LogP contribution is 2.23. The first-order chi connectivity index (χ1) is 13.5. The van der Waals surface area contributed by atoms with E-state index < -0.39 is 0 Å². The lowest BCUT2D eigenvalue weighted by Crippen LogP contribution is -2.20. The Bertz CT molecular complexity index is 1260. The molecule has 0 radical (unpaired) electrons. The Kier molecular flexibility index (Phi) is 4.57. The van der Waals surface area contributed by atoms with Crippen molar-refractivity contribution in [2.24, 2.45) is 0 Å². The Hall–Kier alpha value is -3.60. The number of carbonyl (C=O) groups is 1. The largest absolute Gasteiger partial charge is 0.484 e. The Morgan fingerprint density at radius 2 is 1.82 bits per heavy atom. The minimum Gasteiger partial charge on any atom is -0.484 e. The zero-order valence-corrected chi connectivity index (χ0v) is 15.6. The van der Waals surface area contributed by atoms with E-state index in [9.17, 15) is 9.59 Å². The zero-order valence-electron chi connectivity index (χ0n) is 15.6. The normalized spacial score (nSPS) is 10.9. The van der Waals surface area contributed by atoms with E-state index in [1.54, 1.807) is 30.3 Å². The van der Waals surface area contributed by atoms with Crippen LogP contribution >= 0.6 is 0 Å². The summed E-state index contributed by atoms with van der Waals surface area (Å²) in [6.45, 7) is 3.74. The summed E-state index contributed by atoms with van der Waals surface area (Å²) in [6.07, 6.45) is 0. The predicted octanol–water partition coefficient (Wildman–Crippen LogP) is 4.58. The SMILES string of the molecule is Cc1cccc(OCC(=O)Nc2ccc3c(=O)c4cccc(C)c4oc3c2)c1. The summed E-state index contributed by atoms with van der Waals surface area (Å²) in [7, 11) is 0. The molecule has 0 bridgehead atoms. The summed E-state index contributed by atoms with van der Waals surface area (Å²) in [4.78, 5) is 24.9. The Labute approximate surface area is 161 Å². The highest BCUT2D eigenvalue weighted by molar-refractivity contribution is 5.96. The van der Waals surface area contributed by atoms with E-state index >= 15 is 0 Å². The average Bonchev–Trinajstić information content (AvgIpc) is 2.67. The van der Waals surface area contributed by atoms with Gasteiger partial charge in [0, 0.05) is 11.8 Å².